The van der Waals surface area contributed by atoms with Crippen molar-refractivity contribution in [1.29, 1.82) is 0 Å². The lowest BCUT2D eigenvalue weighted by molar-refractivity contribution is -0.114. The fraction of sp³-hybridized carbons (Fsp3) is 0.500. The number of hydrogen-bond acceptors (Lipinski definition) is 5. The molecule has 2 unspecified atom stereocenters. The van der Waals surface area contributed by atoms with E-state index in [0.717, 1.165) is 0 Å². The van der Waals surface area contributed by atoms with E-state index in [2.05, 4.69) is 10.3 Å². The zero-order valence-corrected chi connectivity index (χ0v) is 10.4. The molecule has 0 saturated carbocycles. The van der Waals surface area contributed by atoms with Crippen molar-refractivity contribution >= 4 is 11.7 Å². The topological polar surface area (TPSA) is 103 Å². The molecular formula is C12H18N2O4. The molecule has 0 aromatic carbocycles. The summed E-state index contributed by atoms with van der Waals surface area (Å²) in [6.45, 7) is 2.86. The normalized spacial score (nSPS) is 14.1. The summed E-state index contributed by atoms with van der Waals surface area (Å²) in [6.07, 6.45) is -2.05. The minimum atomic E-state index is -1.10. The molecule has 6 heteroatoms. The Morgan fingerprint density at radius 3 is 2.61 bits per heavy atom. The SMILES string of the molecule is CC(=O)Nc1ccc(C(O)C(O)CCO)c(C)n1. The zero-order valence-electron chi connectivity index (χ0n) is 10.4. The van der Waals surface area contributed by atoms with Crippen LogP contribution in [-0.4, -0.2) is 38.9 Å². The lowest BCUT2D eigenvalue weighted by atomic mass is 10.0. The average molecular weight is 254 g/mol. The molecule has 4 N–H and O–H groups in total. The van der Waals surface area contributed by atoms with Crippen LogP contribution in [0.5, 0.6) is 0 Å². The summed E-state index contributed by atoms with van der Waals surface area (Å²) in [4.78, 5) is 15.0. The summed E-state index contributed by atoms with van der Waals surface area (Å²) in [5, 5.41) is 30.7. The molecule has 1 rings (SSSR count). The number of aryl methyl sites for hydroxylation is 1. The van der Waals surface area contributed by atoms with Crippen LogP contribution >= 0.6 is 0 Å². The number of carbonyl (C=O) groups is 1. The third-order valence-corrected chi connectivity index (χ3v) is 2.54. The largest absolute Gasteiger partial charge is 0.396 e. The minimum Gasteiger partial charge on any atom is -0.396 e. The second kappa shape index (κ2) is 6.44. The fourth-order valence-corrected chi connectivity index (χ4v) is 1.63. The highest BCUT2D eigenvalue weighted by molar-refractivity contribution is 5.87. The van der Waals surface area contributed by atoms with Gasteiger partial charge in [-0.3, -0.25) is 4.79 Å². The summed E-state index contributed by atoms with van der Waals surface area (Å²) < 4.78 is 0. The van der Waals surface area contributed by atoms with Gasteiger partial charge in [-0.1, -0.05) is 6.07 Å². The maximum Gasteiger partial charge on any atom is 0.222 e. The van der Waals surface area contributed by atoms with Crippen LogP contribution in [-0.2, 0) is 4.79 Å². The van der Waals surface area contributed by atoms with Gasteiger partial charge in [-0.2, -0.15) is 0 Å². The predicted molar refractivity (Wildman–Crippen MR) is 65.9 cm³/mol. The molecule has 0 fully saturated rings. The van der Waals surface area contributed by atoms with E-state index >= 15 is 0 Å². The number of hydrogen-bond donors (Lipinski definition) is 4. The Kier molecular flexibility index (Phi) is 5.21. The van der Waals surface area contributed by atoms with Gasteiger partial charge in [-0.15, -0.1) is 0 Å². The molecule has 2 atom stereocenters. The van der Waals surface area contributed by atoms with Gasteiger partial charge in [0.15, 0.2) is 0 Å². The molecule has 6 nitrogen and oxygen atoms in total. The number of pyridine rings is 1. The van der Waals surface area contributed by atoms with Crippen molar-refractivity contribution in [1.82, 2.24) is 4.98 Å². The second-order valence-corrected chi connectivity index (χ2v) is 4.08. The smallest absolute Gasteiger partial charge is 0.222 e. The van der Waals surface area contributed by atoms with Crippen LogP contribution in [0.2, 0.25) is 0 Å². The molecule has 0 aliphatic heterocycles. The first-order valence-electron chi connectivity index (χ1n) is 5.67. The summed E-state index contributed by atoms with van der Waals surface area (Å²) in [6, 6.07) is 3.15. The third-order valence-electron chi connectivity index (χ3n) is 2.54. The number of anilines is 1. The second-order valence-electron chi connectivity index (χ2n) is 4.08. The first-order chi connectivity index (χ1) is 8.45. The maximum atomic E-state index is 10.9. The summed E-state index contributed by atoms with van der Waals surface area (Å²) in [5.41, 5.74) is 0.996. The van der Waals surface area contributed by atoms with Crippen LogP contribution in [0.25, 0.3) is 0 Å². The minimum absolute atomic E-state index is 0.0913. The Hall–Kier alpha value is -1.50. The molecule has 0 aliphatic rings. The van der Waals surface area contributed by atoms with Crippen molar-refractivity contribution in [2.75, 3.05) is 11.9 Å². The predicted octanol–water partition coefficient (Wildman–Crippen LogP) is 0.125. The lowest BCUT2D eigenvalue weighted by Crippen LogP contribution is -2.21. The molecule has 1 amide bonds. The van der Waals surface area contributed by atoms with Gasteiger partial charge in [-0.25, -0.2) is 4.98 Å². The van der Waals surface area contributed by atoms with Crippen molar-refractivity contribution in [3.05, 3.63) is 23.4 Å². The number of nitrogens with zero attached hydrogens (tertiary/aromatic N) is 1. The van der Waals surface area contributed by atoms with Crippen molar-refractivity contribution in [2.24, 2.45) is 0 Å². The highest BCUT2D eigenvalue weighted by Gasteiger charge is 2.20. The van der Waals surface area contributed by atoms with Gasteiger partial charge in [-0.05, 0) is 19.4 Å². The highest BCUT2D eigenvalue weighted by Crippen LogP contribution is 2.22. The van der Waals surface area contributed by atoms with Gasteiger partial charge in [0, 0.05) is 24.8 Å². The Morgan fingerprint density at radius 1 is 1.44 bits per heavy atom. The van der Waals surface area contributed by atoms with Crippen molar-refractivity contribution in [2.45, 2.75) is 32.5 Å². The van der Waals surface area contributed by atoms with Crippen molar-refractivity contribution in [3.63, 3.8) is 0 Å². The van der Waals surface area contributed by atoms with Crippen molar-refractivity contribution < 1.29 is 20.1 Å². The average Bonchev–Trinajstić information content (AvgIpc) is 2.28. The first-order valence-corrected chi connectivity index (χ1v) is 5.67. The van der Waals surface area contributed by atoms with Crippen LogP contribution in [0.1, 0.15) is 30.7 Å². The van der Waals surface area contributed by atoms with E-state index in [0.29, 0.717) is 17.1 Å². The third kappa shape index (κ3) is 3.76. The molecular weight excluding hydrogens is 236 g/mol. The molecule has 1 heterocycles. The Balaban J connectivity index is 2.87. The number of aliphatic hydroxyl groups is 3. The number of carbonyl (C=O) groups excluding carboxylic acids is 1. The fourth-order valence-electron chi connectivity index (χ4n) is 1.63. The number of amides is 1. The van der Waals surface area contributed by atoms with Crippen LogP contribution in [0.4, 0.5) is 5.82 Å². The lowest BCUT2D eigenvalue weighted by Gasteiger charge is -2.19. The van der Waals surface area contributed by atoms with Gasteiger partial charge in [0.05, 0.1) is 6.10 Å². The monoisotopic (exact) mass is 254 g/mol. The highest BCUT2D eigenvalue weighted by atomic mass is 16.3. The standard InChI is InChI=1S/C12H18N2O4/c1-7-9(12(18)10(17)5-6-15)3-4-11(13-7)14-8(2)16/h3-4,10,12,15,17-18H,5-6H2,1-2H3,(H,13,14,16). The Morgan fingerprint density at radius 2 is 2.11 bits per heavy atom. The molecule has 1 aromatic rings. The Bertz CT molecular complexity index is 423. The van der Waals surface area contributed by atoms with E-state index < -0.39 is 12.2 Å². The molecule has 0 aliphatic carbocycles. The number of aromatic nitrogens is 1. The van der Waals surface area contributed by atoms with E-state index in [-0.39, 0.29) is 18.9 Å². The van der Waals surface area contributed by atoms with E-state index in [1.807, 2.05) is 0 Å². The summed E-state index contributed by atoms with van der Waals surface area (Å²) in [5.74, 6) is 0.170. The quantitative estimate of drug-likeness (QED) is 0.598. The van der Waals surface area contributed by atoms with Gasteiger partial charge in [0.25, 0.3) is 0 Å². The molecule has 0 spiro atoms. The molecule has 0 radical (unpaired) electrons. The van der Waals surface area contributed by atoms with Crippen LogP contribution in [0.3, 0.4) is 0 Å². The summed E-state index contributed by atoms with van der Waals surface area (Å²) >= 11 is 0. The molecule has 1 aromatic heterocycles. The maximum absolute atomic E-state index is 10.9. The van der Waals surface area contributed by atoms with Gasteiger partial charge < -0.3 is 20.6 Å². The Labute approximate surface area is 105 Å². The molecule has 100 valence electrons. The van der Waals surface area contributed by atoms with Crippen LogP contribution < -0.4 is 5.32 Å². The molecule has 0 saturated heterocycles. The van der Waals surface area contributed by atoms with Gasteiger partial charge >= 0.3 is 0 Å². The number of rotatable bonds is 5. The van der Waals surface area contributed by atoms with Crippen LogP contribution in [0.15, 0.2) is 12.1 Å². The molecule has 18 heavy (non-hydrogen) atoms. The van der Waals surface area contributed by atoms with Gasteiger partial charge in [0.1, 0.15) is 11.9 Å². The first kappa shape index (κ1) is 14.6. The van der Waals surface area contributed by atoms with E-state index in [1.165, 1.54) is 6.92 Å². The van der Waals surface area contributed by atoms with E-state index in [4.69, 9.17) is 5.11 Å². The number of aliphatic hydroxyl groups excluding tert-OH is 3. The number of nitrogens with one attached hydrogen (secondary N) is 1. The van der Waals surface area contributed by atoms with Crippen LogP contribution in [0, 0.1) is 6.92 Å². The molecule has 0 bridgehead atoms. The van der Waals surface area contributed by atoms with E-state index in [1.54, 1.807) is 19.1 Å². The zero-order chi connectivity index (χ0) is 13.7. The summed E-state index contributed by atoms with van der Waals surface area (Å²) in [7, 11) is 0. The van der Waals surface area contributed by atoms with Crippen molar-refractivity contribution in [3.8, 4) is 0 Å². The van der Waals surface area contributed by atoms with Gasteiger partial charge in [0.2, 0.25) is 5.91 Å². The van der Waals surface area contributed by atoms with E-state index in [9.17, 15) is 15.0 Å².